The summed E-state index contributed by atoms with van der Waals surface area (Å²) in [7, 11) is -3.24. The van der Waals surface area contributed by atoms with Crippen molar-refractivity contribution in [2.75, 3.05) is 24.1 Å². The van der Waals surface area contributed by atoms with Gasteiger partial charge < -0.3 is 5.32 Å². The van der Waals surface area contributed by atoms with Gasteiger partial charge in [0, 0.05) is 12.5 Å². The molecule has 3 N–H and O–H groups in total. The van der Waals surface area contributed by atoms with Crippen LogP contribution < -0.4 is 10.0 Å². The van der Waals surface area contributed by atoms with Crippen LogP contribution in [-0.2, 0) is 10.0 Å². The highest BCUT2D eigenvalue weighted by atomic mass is 32.2. The van der Waals surface area contributed by atoms with Crippen LogP contribution in [0.5, 0.6) is 0 Å². The molecule has 16 heavy (non-hydrogen) atoms. The Morgan fingerprint density at radius 1 is 1.56 bits per heavy atom. The normalized spacial score (nSPS) is 21.9. The first-order chi connectivity index (χ1) is 7.56. The maximum Gasteiger partial charge on any atom is 0.229 e. The quantitative estimate of drug-likeness (QED) is 0.711. The molecule has 6 nitrogen and oxygen atoms in total. The molecular formula is C9H16N4O2S. The summed E-state index contributed by atoms with van der Waals surface area (Å²) in [4.78, 5) is 0. The van der Waals surface area contributed by atoms with Crippen molar-refractivity contribution in [2.24, 2.45) is 0 Å². The predicted molar refractivity (Wildman–Crippen MR) is 61.9 cm³/mol. The third-order valence-corrected chi connectivity index (χ3v) is 3.26. The molecule has 1 fully saturated rings. The van der Waals surface area contributed by atoms with Gasteiger partial charge in [-0.2, -0.15) is 5.10 Å². The van der Waals surface area contributed by atoms with Crippen molar-refractivity contribution >= 4 is 15.7 Å². The fourth-order valence-electron chi connectivity index (χ4n) is 1.99. The van der Waals surface area contributed by atoms with E-state index in [9.17, 15) is 8.42 Å². The molecule has 2 rings (SSSR count). The molecule has 0 saturated carbocycles. The number of piperidine rings is 1. The highest BCUT2D eigenvalue weighted by Gasteiger charge is 2.21. The fourth-order valence-corrected chi connectivity index (χ4v) is 2.55. The summed E-state index contributed by atoms with van der Waals surface area (Å²) in [6.07, 6.45) is 4.81. The van der Waals surface area contributed by atoms with Crippen molar-refractivity contribution < 1.29 is 8.42 Å². The number of anilines is 1. The Morgan fingerprint density at radius 3 is 3.00 bits per heavy atom. The van der Waals surface area contributed by atoms with Crippen molar-refractivity contribution in [3.63, 3.8) is 0 Å². The number of hydrogen-bond acceptors (Lipinski definition) is 4. The summed E-state index contributed by atoms with van der Waals surface area (Å²) in [6.45, 7) is 1.89. The summed E-state index contributed by atoms with van der Waals surface area (Å²) in [6, 6.07) is 0. The summed E-state index contributed by atoms with van der Waals surface area (Å²) in [5, 5.41) is 10.1. The molecule has 0 amide bonds. The maximum absolute atomic E-state index is 11.2. The zero-order chi connectivity index (χ0) is 11.6. The number of aromatic nitrogens is 2. The second-order valence-electron chi connectivity index (χ2n) is 4.11. The van der Waals surface area contributed by atoms with Crippen LogP contribution in [0.3, 0.4) is 0 Å². The minimum absolute atomic E-state index is 0.306. The first-order valence-corrected chi connectivity index (χ1v) is 7.17. The Bertz CT molecular complexity index is 448. The number of H-pyrrole nitrogens is 1. The molecular weight excluding hydrogens is 228 g/mol. The number of nitrogens with one attached hydrogen (secondary N) is 3. The van der Waals surface area contributed by atoms with Crippen molar-refractivity contribution in [2.45, 2.75) is 18.8 Å². The number of aromatic amines is 1. The lowest BCUT2D eigenvalue weighted by atomic mass is 9.96. The van der Waals surface area contributed by atoms with Crippen molar-refractivity contribution in [3.8, 4) is 0 Å². The monoisotopic (exact) mass is 244 g/mol. The van der Waals surface area contributed by atoms with Crippen LogP contribution in [0, 0.1) is 0 Å². The summed E-state index contributed by atoms with van der Waals surface area (Å²) < 4.78 is 24.8. The molecule has 0 aromatic carbocycles. The van der Waals surface area contributed by atoms with Gasteiger partial charge in [0.25, 0.3) is 0 Å². The van der Waals surface area contributed by atoms with Crippen LogP contribution in [0.2, 0.25) is 0 Å². The van der Waals surface area contributed by atoms with Gasteiger partial charge in [-0.3, -0.25) is 9.82 Å². The van der Waals surface area contributed by atoms with Crippen LogP contribution >= 0.6 is 0 Å². The third-order valence-electron chi connectivity index (χ3n) is 2.67. The van der Waals surface area contributed by atoms with E-state index in [0.717, 1.165) is 37.9 Å². The SMILES string of the molecule is CS(=O)(=O)Nc1cn[nH]c1C1CCCNC1. The Hall–Kier alpha value is -1.08. The molecule has 0 spiro atoms. The molecule has 2 heterocycles. The van der Waals surface area contributed by atoms with Crippen molar-refractivity contribution in [1.82, 2.24) is 15.5 Å². The number of hydrogen-bond donors (Lipinski definition) is 3. The smallest absolute Gasteiger partial charge is 0.229 e. The highest BCUT2D eigenvalue weighted by Crippen LogP contribution is 2.27. The zero-order valence-electron chi connectivity index (χ0n) is 9.16. The molecule has 7 heteroatoms. The largest absolute Gasteiger partial charge is 0.316 e. The number of sulfonamides is 1. The van der Waals surface area contributed by atoms with Gasteiger partial charge in [0.15, 0.2) is 0 Å². The van der Waals surface area contributed by atoms with E-state index in [-0.39, 0.29) is 0 Å². The molecule has 1 aromatic rings. The first-order valence-electron chi connectivity index (χ1n) is 5.28. The van der Waals surface area contributed by atoms with Gasteiger partial charge in [-0.25, -0.2) is 8.42 Å². The van der Waals surface area contributed by atoms with Gasteiger partial charge in [0.1, 0.15) is 0 Å². The number of nitrogens with zero attached hydrogens (tertiary/aromatic N) is 1. The Morgan fingerprint density at radius 2 is 2.38 bits per heavy atom. The molecule has 1 saturated heterocycles. The second kappa shape index (κ2) is 4.42. The second-order valence-corrected chi connectivity index (χ2v) is 5.86. The van der Waals surface area contributed by atoms with Crippen LogP contribution in [0.25, 0.3) is 0 Å². The zero-order valence-corrected chi connectivity index (χ0v) is 9.97. The van der Waals surface area contributed by atoms with Crippen molar-refractivity contribution in [1.29, 1.82) is 0 Å². The lowest BCUT2D eigenvalue weighted by Gasteiger charge is -2.22. The third kappa shape index (κ3) is 2.73. The Balaban J connectivity index is 2.18. The number of rotatable bonds is 3. The molecule has 1 aliphatic rings. The average Bonchev–Trinajstić information content (AvgIpc) is 2.64. The van der Waals surface area contributed by atoms with E-state index in [2.05, 4.69) is 20.2 Å². The summed E-state index contributed by atoms with van der Waals surface area (Å²) in [5.41, 5.74) is 1.44. The van der Waals surface area contributed by atoms with Crippen LogP contribution in [0.1, 0.15) is 24.5 Å². The molecule has 0 radical (unpaired) electrons. The standard InChI is InChI=1S/C9H16N4O2S/c1-16(14,15)13-8-6-11-12-9(8)7-3-2-4-10-5-7/h6-7,10,13H,2-5H2,1H3,(H,11,12). The average molecular weight is 244 g/mol. The van der Waals surface area contributed by atoms with Crippen LogP contribution in [0.4, 0.5) is 5.69 Å². The van der Waals surface area contributed by atoms with E-state index in [1.165, 1.54) is 6.20 Å². The maximum atomic E-state index is 11.2. The Labute approximate surface area is 94.9 Å². The fraction of sp³-hybridized carbons (Fsp3) is 0.667. The van der Waals surface area contributed by atoms with Crippen molar-refractivity contribution in [3.05, 3.63) is 11.9 Å². The topological polar surface area (TPSA) is 86.9 Å². The molecule has 0 aliphatic carbocycles. The molecule has 1 aliphatic heterocycles. The minimum atomic E-state index is -3.24. The minimum Gasteiger partial charge on any atom is -0.316 e. The molecule has 1 atom stereocenters. The van der Waals surface area contributed by atoms with E-state index in [1.807, 2.05) is 0 Å². The van der Waals surface area contributed by atoms with E-state index in [1.54, 1.807) is 0 Å². The summed E-state index contributed by atoms with van der Waals surface area (Å²) in [5.74, 6) is 0.306. The lowest BCUT2D eigenvalue weighted by molar-refractivity contribution is 0.455. The highest BCUT2D eigenvalue weighted by molar-refractivity contribution is 7.92. The van der Waals surface area contributed by atoms with Gasteiger partial charge >= 0.3 is 0 Å². The van der Waals surface area contributed by atoms with E-state index in [0.29, 0.717) is 11.6 Å². The summed E-state index contributed by atoms with van der Waals surface area (Å²) >= 11 is 0. The van der Waals surface area contributed by atoms with E-state index >= 15 is 0 Å². The van der Waals surface area contributed by atoms with Gasteiger partial charge in [0.05, 0.1) is 23.8 Å². The van der Waals surface area contributed by atoms with E-state index < -0.39 is 10.0 Å². The van der Waals surface area contributed by atoms with Crippen LogP contribution in [0.15, 0.2) is 6.20 Å². The van der Waals surface area contributed by atoms with Gasteiger partial charge in [-0.05, 0) is 19.4 Å². The van der Waals surface area contributed by atoms with E-state index in [4.69, 9.17) is 0 Å². The van der Waals surface area contributed by atoms with Gasteiger partial charge in [-0.1, -0.05) is 0 Å². The van der Waals surface area contributed by atoms with Gasteiger partial charge in [-0.15, -0.1) is 0 Å². The van der Waals surface area contributed by atoms with Gasteiger partial charge in [0.2, 0.25) is 10.0 Å². The lowest BCUT2D eigenvalue weighted by Crippen LogP contribution is -2.29. The molecule has 1 aromatic heterocycles. The molecule has 1 unspecified atom stereocenters. The molecule has 0 bridgehead atoms. The predicted octanol–water partition coefficient (Wildman–Crippen LogP) is 0.248. The molecule has 90 valence electrons. The Kier molecular flexibility index (Phi) is 3.15. The van der Waals surface area contributed by atoms with Crippen LogP contribution in [-0.4, -0.2) is 38.0 Å². The first kappa shape index (κ1) is 11.4.